The molecule has 7 nitrogen and oxygen atoms in total. The first-order chi connectivity index (χ1) is 8.88. The average molecular weight is 267 g/mol. The molecular weight excluding hydrogens is 250 g/mol. The number of carboxylic acid groups (broad SMARTS) is 1. The molecule has 104 valence electrons. The lowest BCUT2D eigenvalue weighted by molar-refractivity contribution is -0.139. The Morgan fingerprint density at radius 3 is 2.32 bits per heavy atom. The lowest BCUT2D eigenvalue weighted by Crippen LogP contribution is -2.50. The van der Waals surface area contributed by atoms with Gasteiger partial charge in [0.1, 0.15) is 11.8 Å². The number of phenols is 1. The molecule has 0 saturated carbocycles. The highest BCUT2D eigenvalue weighted by molar-refractivity contribution is 5.82. The maximum absolute atomic E-state index is 11.4. The van der Waals surface area contributed by atoms with Crippen LogP contribution in [0.1, 0.15) is 5.56 Å². The molecule has 2 amide bonds. The van der Waals surface area contributed by atoms with Crippen LogP contribution < -0.4 is 10.7 Å². The maximum atomic E-state index is 11.4. The van der Waals surface area contributed by atoms with Crippen LogP contribution in [0.15, 0.2) is 24.3 Å². The molecule has 0 bridgehead atoms. The zero-order valence-electron chi connectivity index (χ0n) is 10.8. The fourth-order valence-corrected chi connectivity index (χ4v) is 1.46. The molecule has 0 saturated heterocycles. The van der Waals surface area contributed by atoms with Crippen molar-refractivity contribution in [3.63, 3.8) is 0 Å². The van der Waals surface area contributed by atoms with Gasteiger partial charge in [-0.25, -0.2) is 14.6 Å². The minimum atomic E-state index is -1.12. The van der Waals surface area contributed by atoms with E-state index < -0.39 is 18.0 Å². The van der Waals surface area contributed by atoms with E-state index in [0.717, 1.165) is 0 Å². The Balaban J connectivity index is 2.65. The third kappa shape index (κ3) is 5.26. The summed E-state index contributed by atoms with van der Waals surface area (Å²) < 4.78 is 0. The first kappa shape index (κ1) is 14.8. The highest BCUT2D eigenvalue weighted by Crippen LogP contribution is 2.11. The Labute approximate surface area is 110 Å². The second-order valence-corrected chi connectivity index (χ2v) is 4.24. The van der Waals surface area contributed by atoms with Gasteiger partial charge in [0.15, 0.2) is 0 Å². The molecule has 0 fully saturated rings. The van der Waals surface area contributed by atoms with Crippen molar-refractivity contribution in [2.75, 3.05) is 14.1 Å². The van der Waals surface area contributed by atoms with Crippen LogP contribution in [0.5, 0.6) is 5.75 Å². The van der Waals surface area contributed by atoms with Crippen molar-refractivity contribution < 1.29 is 19.8 Å². The second kappa shape index (κ2) is 6.60. The van der Waals surface area contributed by atoms with Gasteiger partial charge in [-0.05, 0) is 17.7 Å². The predicted molar refractivity (Wildman–Crippen MR) is 68.6 cm³/mol. The van der Waals surface area contributed by atoms with Crippen molar-refractivity contribution in [3.8, 4) is 5.75 Å². The van der Waals surface area contributed by atoms with Crippen molar-refractivity contribution in [1.82, 2.24) is 15.8 Å². The molecule has 1 aromatic carbocycles. The molecule has 7 heteroatoms. The van der Waals surface area contributed by atoms with Gasteiger partial charge in [-0.15, -0.1) is 0 Å². The maximum Gasteiger partial charge on any atom is 0.330 e. The van der Waals surface area contributed by atoms with Crippen molar-refractivity contribution >= 4 is 12.0 Å². The van der Waals surface area contributed by atoms with E-state index in [1.54, 1.807) is 26.2 Å². The minimum absolute atomic E-state index is 0.105. The summed E-state index contributed by atoms with van der Waals surface area (Å²) in [4.78, 5) is 22.5. The number of benzene rings is 1. The van der Waals surface area contributed by atoms with E-state index in [2.05, 4.69) is 10.7 Å². The number of carboxylic acids is 1. The Morgan fingerprint density at radius 2 is 1.84 bits per heavy atom. The first-order valence-electron chi connectivity index (χ1n) is 5.63. The van der Waals surface area contributed by atoms with E-state index in [-0.39, 0.29) is 12.2 Å². The average Bonchev–Trinajstić information content (AvgIpc) is 2.29. The molecule has 0 spiro atoms. The van der Waals surface area contributed by atoms with Crippen molar-refractivity contribution in [2.45, 2.75) is 12.5 Å². The number of hydrogen-bond acceptors (Lipinski definition) is 4. The van der Waals surface area contributed by atoms with Gasteiger partial charge in [0.05, 0.1) is 0 Å². The number of nitrogens with one attached hydrogen (secondary N) is 2. The van der Waals surface area contributed by atoms with Crippen LogP contribution in [0, 0.1) is 0 Å². The number of hydrazine groups is 1. The van der Waals surface area contributed by atoms with E-state index in [1.165, 1.54) is 17.1 Å². The van der Waals surface area contributed by atoms with Gasteiger partial charge in [0.2, 0.25) is 0 Å². The fraction of sp³-hybridized carbons (Fsp3) is 0.333. The highest BCUT2D eigenvalue weighted by Gasteiger charge is 2.20. The normalized spacial score (nSPS) is 11.9. The molecule has 0 aliphatic rings. The standard InChI is InChI=1S/C12H17N3O4/c1-15(2)14-12(19)13-10(11(17)18)7-8-3-5-9(16)6-4-8/h3-6,10,16H,7H2,1-2H3,(H,17,18)(H2,13,14,19)/t10-/m0/s1. The molecule has 4 N–H and O–H groups in total. The molecule has 0 aliphatic heterocycles. The summed E-state index contributed by atoms with van der Waals surface area (Å²) in [7, 11) is 3.24. The lowest BCUT2D eigenvalue weighted by Gasteiger charge is -2.17. The zero-order valence-corrected chi connectivity index (χ0v) is 10.8. The topological polar surface area (TPSA) is 102 Å². The van der Waals surface area contributed by atoms with Crippen LogP contribution in [0.3, 0.4) is 0 Å². The molecule has 0 radical (unpaired) electrons. The number of aliphatic carboxylic acids is 1. The van der Waals surface area contributed by atoms with E-state index in [0.29, 0.717) is 5.56 Å². The van der Waals surface area contributed by atoms with Crippen molar-refractivity contribution in [3.05, 3.63) is 29.8 Å². The predicted octanol–water partition coefficient (Wildman–Crippen LogP) is 0.164. The SMILES string of the molecule is CN(C)NC(=O)N[C@@H](Cc1ccc(O)cc1)C(=O)O. The summed E-state index contributed by atoms with van der Waals surface area (Å²) in [6.45, 7) is 0. The van der Waals surface area contributed by atoms with Crippen LogP contribution in [0.4, 0.5) is 4.79 Å². The lowest BCUT2D eigenvalue weighted by atomic mass is 10.1. The van der Waals surface area contributed by atoms with Gasteiger partial charge in [-0.2, -0.15) is 0 Å². The summed E-state index contributed by atoms with van der Waals surface area (Å²) in [6, 6.07) is 4.52. The van der Waals surface area contributed by atoms with Gasteiger partial charge in [0.25, 0.3) is 0 Å². The Hall–Kier alpha value is -2.28. The van der Waals surface area contributed by atoms with Gasteiger partial charge < -0.3 is 15.5 Å². The highest BCUT2D eigenvalue weighted by atomic mass is 16.4. The number of nitrogens with zero attached hydrogens (tertiary/aromatic N) is 1. The van der Waals surface area contributed by atoms with Gasteiger partial charge in [-0.3, -0.25) is 5.43 Å². The van der Waals surface area contributed by atoms with Crippen LogP contribution in [-0.4, -0.2) is 47.4 Å². The Morgan fingerprint density at radius 1 is 1.26 bits per heavy atom. The Bertz CT molecular complexity index is 445. The first-order valence-corrected chi connectivity index (χ1v) is 5.63. The smallest absolute Gasteiger partial charge is 0.330 e. The number of rotatable bonds is 5. The van der Waals surface area contributed by atoms with Crippen LogP contribution in [0.25, 0.3) is 0 Å². The summed E-state index contributed by atoms with van der Waals surface area (Å²) in [5.41, 5.74) is 3.11. The van der Waals surface area contributed by atoms with E-state index in [9.17, 15) is 9.59 Å². The minimum Gasteiger partial charge on any atom is -0.508 e. The third-order valence-electron chi connectivity index (χ3n) is 2.30. The van der Waals surface area contributed by atoms with Crippen LogP contribution in [-0.2, 0) is 11.2 Å². The van der Waals surface area contributed by atoms with E-state index in [4.69, 9.17) is 10.2 Å². The molecule has 19 heavy (non-hydrogen) atoms. The number of phenolic OH excluding ortho intramolecular Hbond substituents is 1. The molecule has 0 unspecified atom stereocenters. The molecule has 0 heterocycles. The molecule has 1 aromatic rings. The quantitative estimate of drug-likeness (QED) is 0.569. The summed E-state index contributed by atoms with van der Waals surface area (Å²) in [5, 5.41) is 22.0. The molecule has 1 atom stereocenters. The number of aromatic hydroxyl groups is 1. The number of carbonyl (C=O) groups excluding carboxylic acids is 1. The van der Waals surface area contributed by atoms with E-state index >= 15 is 0 Å². The van der Waals surface area contributed by atoms with Crippen molar-refractivity contribution in [2.24, 2.45) is 0 Å². The molecular formula is C12H17N3O4. The molecule has 0 aromatic heterocycles. The van der Waals surface area contributed by atoms with Crippen LogP contribution in [0.2, 0.25) is 0 Å². The van der Waals surface area contributed by atoms with Gasteiger partial charge >= 0.3 is 12.0 Å². The largest absolute Gasteiger partial charge is 0.508 e. The Kier molecular flexibility index (Phi) is 5.13. The summed E-state index contributed by atoms with van der Waals surface area (Å²) in [6.07, 6.45) is 0.135. The van der Waals surface area contributed by atoms with Gasteiger partial charge in [0, 0.05) is 20.5 Å². The second-order valence-electron chi connectivity index (χ2n) is 4.24. The van der Waals surface area contributed by atoms with E-state index in [1.807, 2.05) is 0 Å². The number of urea groups is 1. The summed E-state index contributed by atoms with van der Waals surface area (Å²) >= 11 is 0. The van der Waals surface area contributed by atoms with Gasteiger partial charge in [-0.1, -0.05) is 12.1 Å². The number of carbonyl (C=O) groups is 2. The summed E-state index contributed by atoms with van der Waals surface area (Å²) in [5.74, 6) is -1.02. The molecule has 0 aliphatic carbocycles. The molecule has 1 rings (SSSR count). The van der Waals surface area contributed by atoms with Crippen LogP contribution >= 0.6 is 0 Å². The third-order valence-corrected chi connectivity index (χ3v) is 2.30. The zero-order chi connectivity index (χ0) is 14.4. The van der Waals surface area contributed by atoms with Crippen molar-refractivity contribution in [1.29, 1.82) is 0 Å². The monoisotopic (exact) mass is 267 g/mol. The number of hydrogen-bond donors (Lipinski definition) is 4. The fourth-order valence-electron chi connectivity index (χ4n) is 1.46. The number of amides is 2.